The van der Waals surface area contributed by atoms with Gasteiger partial charge in [0, 0.05) is 39.3 Å². The molecule has 2 fully saturated rings. The third-order valence-corrected chi connectivity index (χ3v) is 9.86. The average Bonchev–Trinajstić information content (AvgIpc) is 2.68. The highest BCUT2D eigenvalue weighted by molar-refractivity contribution is 7.89. The van der Waals surface area contributed by atoms with Crippen LogP contribution in [0.1, 0.15) is 0 Å². The topological polar surface area (TPSA) is 121 Å². The van der Waals surface area contributed by atoms with E-state index >= 15 is 0 Å². The van der Waals surface area contributed by atoms with Gasteiger partial charge in [0.15, 0.2) is 0 Å². The van der Waals surface area contributed by atoms with Crippen molar-refractivity contribution < 1.29 is 30.0 Å². The van der Waals surface area contributed by atoms with Gasteiger partial charge in [-0.1, -0.05) is 0 Å². The van der Waals surface area contributed by atoms with Gasteiger partial charge in [-0.05, 0) is 24.3 Å². The van der Waals surface area contributed by atoms with Crippen LogP contribution >= 0.6 is 0 Å². The molecule has 0 N–H and O–H groups in total. The smallest absolute Gasteiger partial charge is 0.243 e. The Morgan fingerprint density at radius 1 is 0.643 bits per heavy atom. The first-order valence-corrected chi connectivity index (χ1v) is 13.4. The quantitative estimate of drug-likeness (QED) is 0.559. The summed E-state index contributed by atoms with van der Waals surface area (Å²) in [5, 5.41) is 0. The van der Waals surface area contributed by atoms with E-state index in [0.717, 1.165) is 6.26 Å². The van der Waals surface area contributed by atoms with E-state index in [4.69, 9.17) is 4.74 Å². The molecule has 0 saturated carbocycles. The second-order valence-electron chi connectivity index (χ2n) is 6.55. The first-order valence-electron chi connectivity index (χ1n) is 8.66. The summed E-state index contributed by atoms with van der Waals surface area (Å²) in [5.41, 5.74) is 0. The van der Waals surface area contributed by atoms with Gasteiger partial charge in [-0.2, -0.15) is 12.9 Å². The lowest BCUT2D eigenvalue weighted by Gasteiger charge is -2.32. The minimum absolute atomic E-state index is 0.0234. The standard InChI is InChI=1S/C15H23N3O7S3/c1-26(19,20)16-6-8-17(9-7-16)27(21,22)14-2-4-15(5-3-14)28(23,24)18-10-12-25-13-11-18/h2-5H,6-13H2,1H3. The molecule has 10 nitrogen and oxygen atoms in total. The number of sulfonamides is 3. The fourth-order valence-electron chi connectivity index (χ4n) is 3.11. The van der Waals surface area contributed by atoms with Gasteiger partial charge in [-0.25, -0.2) is 25.3 Å². The van der Waals surface area contributed by atoms with Crippen LogP contribution in [0.4, 0.5) is 0 Å². The second-order valence-corrected chi connectivity index (χ2v) is 12.4. The molecule has 2 aliphatic heterocycles. The molecule has 0 amide bonds. The predicted molar refractivity (Wildman–Crippen MR) is 101 cm³/mol. The van der Waals surface area contributed by atoms with Gasteiger partial charge in [-0.15, -0.1) is 0 Å². The van der Waals surface area contributed by atoms with Crippen molar-refractivity contribution in [3.05, 3.63) is 24.3 Å². The number of benzene rings is 1. The van der Waals surface area contributed by atoms with Crippen molar-refractivity contribution in [1.82, 2.24) is 12.9 Å². The summed E-state index contributed by atoms with van der Waals surface area (Å²) in [6, 6.07) is 5.10. The van der Waals surface area contributed by atoms with Crippen LogP contribution in [0.3, 0.4) is 0 Å². The van der Waals surface area contributed by atoms with Crippen LogP contribution in [0, 0.1) is 0 Å². The number of rotatable bonds is 5. The Labute approximate surface area is 165 Å². The normalized spacial score (nSPS) is 21.6. The summed E-state index contributed by atoms with van der Waals surface area (Å²) in [5.74, 6) is 0. The van der Waals surface area contributed by atoms with Gasteiger partial charge >= 0.3 is 0 Å². The Balaban J connectivity index is 1.75. The molecule has 0 atom stereocenters. The molecule has 1 aromatic carbocycles. The van der Waals surface area contributed by atoms with Crippen LogP contribution in [-0.2, 0) is 34.8 Å². The van der Waals surface area contributed by atoms with Crippen LogP contribution in [0.15, 0.2) is 34.1 Å². The summed E-state index contributed by atoms with van der Waals surface area (Å²) < 4.78 is 82.9. The summed E-state index contributed by atoms with van der Waals surface area (Å²) in [4.78, 5) is -0.00326. The molecule has 158 valence electrons. The average molecular weight is 454 g/mol. The lowest BCUT2D eigenvalue weighted by Crippen LogP contribution is -2.50. The maximum Gasteiger partial charge on any atom is 0.243 e. The molecular formula is C15H23N3O7S3. The van der Waals surface area contributed by atoms with E-state index in [2.05, 4.69) is 0 Å². The molecule has 2 aliphatic rings. The van der Waals surface area contributed by atoms with Crippen LogP contribution in [0.25, 0.3) is 0 Å². The van der Waals surface area contributed by atoms with E-state index in [0.29, 0.717) is 13.2 Å². The molecular weight excluding hydrogens is 430 g/mol. The van der Waals surface area contributed by atoms with E-state index in [1.807, 2.05) is 0 Å². The fourth-order valence-corrected chi connectivity index (χ4v) is 6.77. The Morgan fingerprint density at radius 3 is 1.39 bits per heavy atom. The molecule has 2 saturated heterocycles. The van der Waals surface area contributed by atoms with Gasteiger partial charge in [0.2, 0.25) is 30.1 Å². The number of nitrogens with zero attached hydrogens (tertiary/aromatic N) is 3. The number of ether oxygens (including phenoxy) is 1. The zero-order chi connectivity index (χ0) is 20.6. The van der Waals surface area contributed by atoms with Crippen molar-refractivity contribution in [1.29, 1.82) is 0 Å². The molecule has 13 heteroatoms. The molecule has 0 spiro atoms. The van der Waals surface area contributed by atoms with Crippen LogP contribution in [0.2, 0.25) is 0 Å². The molecule has 1 aromatic rings. The first-order chi connectivity index (χ1) is 13.0. The summed E-state index contributed by atoms with van der Waals surface area (Å²) in [7, 11) is -10.9. The van der Waals surface area contributed by atoms with Gasteiger partial charge in [0.05, 0.1) is 29.3 Å². The van der Waals surface area contributed by atoms with E-state index < -0.39 is 30.1 Å². The highest BCUT2D eigenvalue weighted by Gasteiger charge is 2.32. The predicted octanol–water partition coefficient (Wildman–Crippen LogP) is -1.03. The van der Waals surface area contributed by atoms with Crippen molar-refractivity contribution in [2.24, 2.45) is 0 Å². The Morgan fingerprint density at radius 2 is 1.00 bits per heavy atom. The minimum Gasteiger partial charge on any atom is -0.379 e. The first kappa shape index (κ1) is 21.6. The highest BCUT2D eigenvalue weighted by atomic mass is 32.2. The van der Waals surface area contributed by atoms with E-state index in [9.17, 15) is 25.3 Å². The Bertz CT molecular complexity index is 1010. The third-order valence-electron chi connectivity index (χ3n) is 4.74. The van der Waals surface area contributed by atoms with Crippen molar-refractivity contribution in [3.8, 4) is 0 Å². The summed E-state index contributed by atoms with van der Waals surface area (Å²) >= 11 is 0. The maximum atomic E-state index is 12.8. The molecule has 0 unspecified atom stereocenters. The highest BCUT2D eigenvalue weighted by Crippen LogP contribution is 2.22. The van der Waals surface area contributed by atoms with Crippen molar-refractivity contribution in [2.45, 2.75) is 9.79 Å². The largest absolute Gasteiger partial charge is 0.379 e. The summed E-state index contributed by atoms with van der Waals surface area (Å²) in [6.07, 6.45) is 1.09. The van der Waals surface area contributed by atoms with Crippen molar-refractivity contribution in [2.75, 3.05) is 58.7 Å². The lowest BCUT2D eigenvalue weighted by atomic mass is 10.4. The third kappa shape index (κ3) is 4.40. The van der Waals surface area contributed by atoms with E-state index in [1.54, 1.807) is 0 Å². The number of hydrogen-bond acceptors (Lipinski definition) is 7. The summed E-state index contributed by atoms with van der Waals surface area (Å²) in [6.45, 7) is 1.42. The van der Waals surface area contributed by atoms with Gasteiger partial charge in [0.1, 0.15) is 0 Å². The Hall–Kier alpha value is -1.09. The van der Waals surface area contributed by atoms with Crippen molar-refractivity contribution >= 4 is 30.1 Å². The maximum absolute atomic E-state index is 12.8. The number of hydrogen-bond donors (Lipinski definition) is 0. The van der Waals surface area contributed by atoms with Gasteiger partial charge < -0.3 is 4.74 Å². The van der Waals surface area contributed by atoms with Crippen LogP contribution in [0.5, 0.6) is 0 Å². The minimum atomic E-state index is -3.83. The van der Waals surface area contributed by atoms with Gasteiger partial charge in [-0.3, -0.25) is 0 Å². The Kier molecular flexibility index (Phi) is 6.15. The molecule has 28 heavy (non-hydrogen) atoms. The lowest BCUT2D eigenvalue weighted by molar-refractivity contribution is 0.0730. The van der Waals surface area contributed by atoms with Crippen molar-refractivity contribution in [3.63, 3.8) is 0 Å². The fraction of sp³-hybridized carbons (Fsp3) is 0.600. The van der Waals surface area contributed by atoms with E-state index in [1.165, 1.54) is 37.2 Å². The van der Waals surface area contributed by atoms with Crippen LogP contribution in [-0.4, -0.2) is 96.9 Å². The molecule has 3 rings (SSSR count). The zero-order valence-electron chi connectivity index (χ0n) is 15.4. The monoisotopic (exact) mass is 453 g/mol. The number of morpholine rings is 1. The molecule has 2 heterocycles. The zero-order valence-corrected chi connectivity index (χ0v) is 17.8. The SMILES string of the molecule is CS(=O)(=O)N1CCN(S(=O)(=O)c2ccc(S(=O)(=O)N3CCOCC3)cc2)CC1. The van der Waals surface area contributed by atoms with Gasteiger partial charge in [0.25, 0.3) is 0 Å². The second kappa shape index (κ2) is 7.97. The number of piperazine rings is 1. The van der Waals surface area contributed by atoms with Crippen LogP contribution < -0.4 is 0 Å². The molecule has 0 bridgehead atoms. The molecule has 0 aliphatic carbocycles. The van der Waals surface area contributed by atoms with E-state index in [-0.39, 0.29) is 49.1 Å². The molecule has 0 radical (unpaired) electrons. The molecule has 0 aromatic heterocycles.